The van der Waals surface area contributed by atoms with Crippen molar-refractivity contribution in [2.75, 3.05) is 6.54 Å². The zero-order chi connectivity index (χ0) is 16.2. The summed E-state index contributed by atoms with van der Waals surface area (Å²) in [6.45, 7) is 3.28. The molecule has 11 heteroatoms. The van der Waals surface area contributed by atoms with E-state index in [0.717, 1.165) is 10.9 Å². The number of hydrogen-bond acceptors (Lipinski definition) is 6. The average Bonchev–Trinajstić information content (AvgIpc) is 2.83. The summed E-state index contributed by atoms with van der Waals surface area (Å²) in [5.41, 5.74) is -1.52. The quantitative estimate of drug-likeness (QED) is 0.506. The first kappa shape index (κ1) is 16.1. The normalized spacial score (nSPS) is 11.5. The summed E-state index contributed by atoms with van der Waals surface area (Å²) in [5, 5.41) is 27.4. The van der Waals surface area contributed by atoms with Crippen LogP contribution in [0.25, 0.3) is 0 Å². The number of amides is 3. The number of carbonyl (C=O) groups excluding carboxylic acids is 2. The van der Waals surface area contributed by atoms with E-state index in [-0.39, 0.29) is 0 Å². The highest BCUT2D eigenvalue weighted by atomic mass is 16.6. The Morgan fingerprint density at radius 1 is 1.52 bits per heavy atom. The molecule has 0 bridgehead atoms. The number of nitrogens with zero attached hydrogens (tertiary/aromatic N) is 3. The number of carboxylic acids is 1. The summed E-state index contributed by atoms with van der Waals surface area (Å²) in [5.74, 6) is -2.37. The average molecular weight is 299 g/mol. The zero-order valence-electron chi connectivity index (χ0n) is 11.2. The van der Waals surface area contributed by atoms with Crippen molar-refractivity contribution in [2.45, 2.75) is 19.9 Å². The van der Waals surface area contributed by atoms with Crippen LogP contribution in [0.4, 0.5) is 10.5 Å². The lowest BCUT2D eigenvalue weighted by atomic mass is 10.3. The number of urea groups is 1. The number of nitrogens with one attached hydrogen (secondary N) is 2. The predicted molar refractivity (Wildman–Crippen MR) is 67.8 cm³/mol. The summed E-state index contributed by atoms with van der Waals surface area (Å²) in [6.07, 6.45) is 0.825. The Hall–Kier alpha value is -2.98. The van der Waals surface area contributed by atoms with Crippen LogP contribution in [-0.2, 0) is 4.79 Å². The minimum absolute atomic E-state index is 0.309. The van der Waals surface area contributed by atoms with E-state index in [9.17, 15) is 24.5 Å². The number of aromatic nitrogens is 2. The third kappa shape index (κ3) is 3.75. The van der Waals surface area contributed by atoms with Crippen molar-refractivity contribution >= 4 is 23.6 Å². The number of carboxylic acid groups (broad SMARTS) is 1. The second kappa shape index (κ2) is 6.45. The standard InChI is InChI=1S/C10H13N5O6/c1-3-11-10(19)12-8(16)5(2)14-4-6(15(20)21)7(13-14)9(17)18/h4-5H,3H2,1-2H3,(H,17,18)(H2,11,12,16,19). The van der Waals surface area contributed by atoms with Gasteiger partial charge in [-0.05, 0) is 13.8 Å². The lowest BCUT2D eigenvalue weighted by Crippen LogP contribution is -2.42. The van der Waals surface area contributed by atoms with E-state index in [1.54, 1.807) is 6.92 Å². The topological polar surface area (TPSA) is 156 Å². The molecule has 1 heterocycles. The molecule has 0 saturated heterocycles. The Labute approximate surface area is 118 Å². The highest BCUT2D eigenvalue weighted by Gasteiger charge is 2.28. The fraction of sp³-hybridized carbons (Fsp3) is 0.400. The van der Waals surface area contributed by atoms with Gasteiger partial charge in [-0.1, -0.05) is 0 Å². The lowest BCUT2D eigenvalue weighted by molar-refractivity contribution is -0.385. The van der Waals surface area contributed by atoms with Crippen LogP contribution < -0.4 is 10.6 Å². The molecule has 0 fully saturated rings. The predicted octanol–water partition coefficient (Wildman–Crippen LogP) is -0.104. The Morgan fingerprint density at radius 2 is 2.14 bits per heavy atom. The SMILES string of the molecule is CCNC(=O)NC(=O)C(C)n1cc([N+](=O)[O-])c(C(=O)O)n1. The van der Waals surface area contributed by atoms with E-state index < -0.39 is 40.3 Å². The maximum Gasteiger partial charge on any atom is 0.363 e. The number of aromatic carboxylic acids is 1. The van der Waals surface area contributed by atoms with Gasteiger partial charge in [0.1, 0.15) is 12.2 Å². The monoisotopic (exact) mass is 299 g/mol. The maximum absolute atomic E-state index is 11.7. The Kier molecular flexibility index (Phi) is 4.94. The number of imide groups is 1. The van der Waals surface area contributed by atoms with E-state index in [0.29, 0.717) is 6.54 Å². The van der Waals surface area contributed by atoms with E-state index in [2.05, 4.69) is 10.4 Å². The van der Waals surface area contributed by atoms with Gasteiger partial charge in [-0.2, -0.15) is 5.10 Å². The molecule has 0 saturated carbocycles. The lowest BCUT2D eigenvalue weighted by Gasteiger charge is -2.11. The Balaban J connectivity index is 2.97. The minimum atomic E-state index is -1.59. The van der Waals surface area contributed by atoms with E-state index in [1.807, 2.05) is 5.32 Å². The molecule has 0 radical (unpaired) electrons. The van der Waals surface area contributed by atoms with Crippen LogP contribution in [0.5, 0.6) is 0 Å². The third-order valence-electron chi connectivity index (χ3n) is 2.46. The van der Waals surface area contributed by atoms with Gasteiger partial charge < -0.3 is 10.4 Å². The van der Waals surface area contributed by atoms with Crippen molar-refractivity contribution < 1.29 is 24.4 Å². The van der Waals surface area contributed by atoms with Gasteiger partial charge in [0, 0.05) is 6.54 Å². The van der Waals surface area contributed by atoms with Gasteiger partial charge in [0.15, 0.2) is 0 Å². The number of hydrogen-bond donors (Lipinski definition) is 3. The molecule has 0 aliphatic rings. The van der Waals surface area contributed by atoms with Crippen molar-refractivity contribution in [3.8, 4) is 0 Å². The van der Waals surface area contributed by atoms with Gasteiger partial charge in [0.2, 0.25) is 5.69 Å². The highest BCUT2D eigenvalue weighted by Crippen LogP contribution is 2.19. The fourth-order valence-electron chi connectivity index (χ4n) is 1.41. The summed E-state index contributed by atoms with van der Waals surface area (Å²) >= 11 is 0. The highest BCUT2D eigenvalue weighted by molar-refractivity contribution is 5.96. The second-order valence-corrected chi connectivity index (χ2v) is 3.93. The molecule has 0 aliphatic carbocycles. The molecule has 0 spiro atoms. The molecule has 0 aromatic carbocycles. The van der Waals surface area contributed by atoms with Crippen molar-refractivity contribution in [2.24, 2.45) is 0 Å². The maximum atomic E-state index is 11.7. The molecular formula is C10H13N5O6. The first-order chi connectivity index (χ1) is 9.77. The van der Waals surface area contributed by atoms with E-state index in [1.165, 1.54) is 6.92 Å². The van der Waals surface area contributed by atoms with Crippen LogP contribution in [0.3, 0.4) is 0 Å². The van der Waals surface area contributed by atoms with Crippen LogP contribution in [0, 0.1) is 10.1 Å². The summed E-state index contributed by atoms with van der Waals surface area (Å²) in [6, 6.07) is -1.83. The van der Waals surface area contributed by atoms with Gasteiger partial charge in [-0.3, -0.25) is 24.9 Å². The molecule has 21 heavy (non-hydrogen) atoms. The molecule has 3 N–H and O–H groups in total. The number of nitro groups is 1. The van der Waals surface area contributed by atoms with Gasteiger partial charge in [-0.15, -0.1) is 0 Å². The molecule has 1 atom stereocenters. The third-order valence-corrected chi connectivity index (χ3v) is 2.46. The van der Waals surface area contributed by atoms with Gasteiger partial charge in [-0.25, -0.2) is 9.59 Å². The smallest absolute Gasteiger partial charge is 0.363 e. The van der Waals surface area contributed by atoms with Crippen molar-refractivity contribution in [3.05, 3.63) is 22.0 Å². The van der Waals surface area contributed by atoms with Crippen LogP contribution in [-0.4, -0.2) is 44.3 Å². The fourth-order valence-corrected chi connectivity index (χ4v) is 1.41. The van der Waals surface area contributed by atoms with Crippen molar-refractivity contribution in [1.29, 1.82) is 0 Å². The van der Waals surface area contributed by atoms with E-state index >= 15 is 0 Å². The first-order valence-corrected chi connectivity index (χ1v) is 5.83. The molecule has 1 aromatic rings. The number of rotatable bonds is 5. The molecule has 114 valence electrons. The Morgan fingerprint density at radius 3 is 2.57 bits per heavy atom. The molecule has 1 rings (SSSR count). The molecule has 0 aliphatic heterocycles. The second-order valence-electron chi connectivity index (χ2n) is 3.93. The number of carbonyl (C=O) groups is 3. The molecular weight excluding hydrogens is 286 g/mol. The van der Waals surface area contributed by atoms with Gasteiger partial charge >= 0.3 is 17.7 Å². The van der Waals surface area contributed by atoms with Crippen molar-refractivity contribution in [1.82, 2.24) is 20.4 Å². The first-order valence-electron chi connectivity index (χ1n) is 5.83. The van der Waals surface area contributed by atoms with E-state index in [4.69, 9.17) is 5.11 Å². The van der Waals surface area contributed by atoms with Crippen LogP contribution in [0.2, 0.25) is 0 Å². The van der Waals surface area contributed by atoms with Crippen LogP contribution in [0.1, 0.15) is 30.4 Å². The zero-order valence-corrected chi connectivity index (χ0v) is 11.2. The molecule has 11 nitrogen and oxygen atoms in total. The minimum Gasteiger partial charge on any atom is -0.476 e. The van der Waals surface area contributed by atoms with Crippen LogP contribution >= 0.6 is 0 Å². The molecule has 3 amide bonds. The largest absolute Gasteiger partial charge is 0.476 e. The van der Waals surface area contributed by atoms with Gasteiger partial charge in [0.25, 0.3) is 5.91 Å². The van der Waals surface area contributed by atoms with Crippen molar-refractivity contribution in [3.63, 3.8) is 0 Å². The summed E-state index contributed by atoms with van der Waals surface area (Å²) in [7, 11) is 0. The summed E-state index contributed by atoms with van der Waals surface area (Å²) in [4.78, 5) is 43.6. The van der Waals surface area contributed by atoms with Crippen LogP contribution in [0.15, 0.2) is 6.20 Å². The molecule has 1 aromatic heterocycles. The summed E-state index contributed by atoms with van der Waals surface area (Å²) < 4.78 is 0.816. The molecule has 1 unspecified atom stereocenters. The Bertz CT molecular complexity index is 563. The van der Waals surface area contributed by atoms with Gasteiger partial charge in [0.05, 0.1) is 4.92 Å².